The number of aromatic hydroxyl groups is 1. The summed E-state index contributed by atoms with van der Waals surface area (Å²) >= 11 is 17.9. The Hall–Kier alpha value is -3.02. The van der Waals surface area contributed by atoms with Crippen molar-refractivity contribution >= 4 is 72.8 Å². The first kappa shape index (κ1) is 24.1. The predicted molar refractivity (Wildman–Crippen MR) is 138 cm³/mol. The molecule has 1 heterocycles. The second-order valence-electron chi connectivity index (χ2n) is 7.23. The first-order chi connectivity index (χ1) is 16.1. The number of primary sulfonamides is 1. The van der Waals surface area contributed by atoms with Gasteiger partial charge < -0.3 is 15.0 Å². The van der Waals surface area contributed by atoms with Gasteiger partial charge in [-0.3, -0.25) is 0 Å². The lowest BCUT2D eigenvalue weighted by atomic mass is 10.2. The Bertz CT molecular complexity index is 1520. The van der Waals surface area contributed by atoms with Crippen molar-refractivity contribution in [1.82, 2.24) is 4.57 Å². The van der Waals surface area contributed by atoms with Gasteiger partial charge in [0.1, 0.15) is 0 Å². The Morgan fingerprint density at radius 1 is 1.09 bits per heavy atom. The number of azo groups is 1. The minimum absolute atomic E-state index is 0.0140. The molecule has 3 aromatic carbocycles. The molecule has 12 heteroatoms. The number of fused-ring (bicyclic) bond motifs is 1. The van der Waals surface area contributed by atoms with Crippen molar-refractivity contribution in [3.63, 3.8) is 0 Å². The molecule has 174 valence electrons. The van der Waals surface area contributed by atoms with Gasteiger partial charge in [0.25, 0.3) is 0 Å². The Balaban J connectivity index is 1.66. The number of hydrogen-bond donors (Lipinski definition) is 3. The lowest BCUT2D eigenvalue weighted by Gasteiger charge is -2.08. The topological polar surface area (TPSA) is 122 Å². The fourth-order valence-corrected chi connectivity index (χ4v) is 4.63. The summed E-state index contributed by atoms with van der Waals surface area (Å²) in [5, 5.41) is 28.3. The van der Waals surface area contributed by atoms with Crippen LogP contribution in [0.25, 0.3) is 10.9 Å². The van der Waals surface area contributed by atoms with Gasteiger partial charge in [0.05, 0.1) is 22.0 Å². The Labute approximate surface area is 210 Å². The quantitative estimate of drug-likeness (QED) is 0.220. The molecule has 34 heavy (non-hydrogen) atoms. The van der Waals surface area contributed by atoms with Crippen LogP contribution in [-0.2, 0) is 16.6 Å². The highest BCUT2D eigenvalue weighted by Crippen LogP contribution is 2.43. The number of anilines is 1. The minimum atomic E-state index is -3.80. The van der Waals surface area contributed by atoms with Gasteiger partial charge in [0, 0.05) is 16.1 Å². The smallest absolute Gasteiger partial charge is 0.238 e. The van der Waals surface area contributed by atoms with Crippen LogP contribution in [0.3, 0.4) is 0 Å². The third kappa shape index (κ3) is 5.21. The van der Waals surface area contributed by atoms with Crippen LogP contribution in [0.5, 0.6) is 5.88 Å². The van der Waals surface area contributed by atoms with Crippen LogP contribution in [0.2, 0.25) is 10.0 Å². The molecule has 4 N–H and O–H groups in total. The molecule has 0 saturated heterocycles. The predicted octanol–water partition coefficient (Wildman–Crippen LogP) is 5.83. The summed E-state index contributed by atoms with van der Waals surface area (Å²) in [5.74, 6) is -0.146. The van der Waals surface area contributed by atoms with E-state index in [4.69, 9.17) is 40.6 Å². The average molecular weight is 534 g/mol. The number of nitrogens with one attached hydrogen (secondary N) is 1. The monoisotopic (exact) mass is 533 g/mol. The van der Waals surface area contributed by atoms with Crippen molar-refractivity contribution in [3.8, 4) is 5.88 Å². The molecule has 1 aromatic heterocycles. The molecule has 0 amide bonds. The number of benzene rings is 3. The van der Waals surface area contributed by atoms with Gasteiger partial charge in [-0.05, 0) is 54.2 Å². The largest absolute Gasteiger partial charge is 0.493 e. The molecular weight excluding hydrogens is 517 g/mol. The SMILES string of the molecule is NS(=O)(=O)c1ccc(NC(=S)N=Nc2c(O)n(Cc3ccccc3)c3c(Cl)cc(Cl)cc23)cc1. The summed E-state index contributed by atoms with van der Waals surface area (Å²) < 4.78 is 24.4. The van der Waals surface area contributed by atoms with E-state index in [1.807, 2.05) is 30.3 Å². The third-order valence-corrected chi connectivity index (χ3v) is 6.50. The van der Waals surface area contributed by atoms with Crippen molar-refractivity contribution in [3.05, 3.63) is 82.3 Å². The van der Waals surface area contributed by atoms with E-state index in [0.717, 1.165) is 5.56 Å². The Kier molecular flexibility index (Phi) is 6.87. The van der Waals surface area contributed by atoms with Crippen LogP contribution in [0.15, 0.2) is 81.9 Å². The van der Waals surface area contributed by atoms with Crippen LogP contribution in [0, 0.1) is 0 Å². The molecule has 0 radical (unpaired) electrons. The van der Waals surface area contributed by atoms with Crippen LogP contribution < -0.4 is 10.5 Å². The molecule has 0 aliphatic rings. The molecule has 4 rings (SSSR count). The lowest BCUT2D eigenvalue weighted by Crippen LogP contribution is -2.12. The van der Waals surface area contributed by atoms with Crippen LogP contribution in [-0.4, -0.2) is 23.2 Å². The van der Waals surface area contributed by atoms with E-state index in [9.17, 15) is 13.5 Å². The van der Waals surface area contributed by atoms with E-state index in [0.29, 0.717) is 33.2 Å². The first-order valence-electron chi connectivity index (χ1n) is 9.73. The maximum absolute atomic E-state index is 11.4. The summed E-state index contributed by atoms with van der Waals surface area (Å²) in [6.07, 6.45) is 0. The van der Waals surface area contributed by atoms with Gasteiger partial charge in [0.15, 0.2) is 5.69 Å². The number of hydrogen-bond acceptors (Lipinski definition) is 5. The second kappa shape index (κ2) is 9.69. The van der Waals surface area contributed by atoms with Gasteiger partial charge in [0.2, 0.25) is 21.0 Å². The van der Waals surface area contributed by atoms with Crippen molar-refractivity contribution in [2.75, 3.05) is 5.32 Å². The summed E-state index contributed by atoms with van der Waals surface area (Å²) in [6.45, 7) is 0.346. The number of rotatable bonds is 5. The maximum Gasteiger partial charge on any atom is 0.238 e. The normalized spacial score (nSPS) is 11.9. The highest BCUT2D eigenvalue weighted by molar-refractivity contribution is 7.89. The molecule has 4 aromatic rings. The van der Waals surface area contributed by atoms with Gasteiger partial charge in [-0.25, -0.2) is 13.6 Å². The molecule has 0 aliphatic carbocycles. The van der Waals surface area contributed by atoms with Crippen molar-refractivity contribution in [1.29, 1.82) is 0 Å². The molecule has 8 nitrogen and oxygen atoms in total. The number of nitrogens with zero attached hydrogens (tertiary/aromatic N) is 3. The second-order valence-corrected chi connectivity index (χ2v) is 10.0. The fourth-order valence-electron chi connectivity index (χ4n) is 3.37. The molecule has 0 spiro atoms. The molecule has 0 saturated carbocycles. The zero-order valence-electron chi connectivity index (χ0n) is 17.3. The third-order valence-electron chi connectivity index (χ3n) is 4.88. The van der Waals surface area contributed by atoms with Crippen LogP contribution in [0.4, 0.5) is 11.4 Å². The van der Waals surface area contributed by atoms with E-state index in [1.54, 1.807) is 16.7 Å². The van der Waals surface area contributed by atoms with Gasteiger partial charge in [-0.1, -0.05) is 53.5 Å². The van der Waals surface area contributed by atoms with Gasteiger partial charge in [-0.2, -0.15) is 0 Å². The highest BCUT2D eigenvalue weighted by atomic mass is 35.5. The van der Waals surface area contributed by atoms with Crippen molar-refractivity contribution in [2.45, 2.75) is 11.4 Å². The van der Waals surface area contributed by atoms with Crippen molar-refractivity contribution < 1.29 is 13.5 Å². The van der Waals surface area contributed by atoms with Crippen molar-refractivity contribution in [2.24, 2.45) is 15.4 Å². The fraction of sp³-hybridized carbons (Fsp3) is 0.0455. The summed E-state index contributed by atoms with van der Waals surface area (Å²) in [7, 11) is -3.80. The van der Waals surface area contributed by atoms with E-state index in [2.05, 4.69) is 15.5 Å². The molecule has 0 aliphatic heterocycles. The average Bonchev–Trinajstić information content (AvgIpc) is 3.03. The Morgan fingerprint density at radius 2 is 1.76 bits per heavy atom. The summed E-state index contributed by atoms with van der Waals surface area (Å²) in [5.41, 5.74) is 2.14. The zero-order chi connectivity index (χ0) is 24.5. The van der Waals surface area contributed by atoms with E-state index >= 15 is 0 Å². The van der Waals surface area contributed by atoms with E-state index in [-0.39, 0.29) is 21.6 Å². The first-order valence-corrected chi connectivity index (χ1v) is 12.4. The van der Waals surface area contributed by atoms with E-state index in [1.165, 1.54) is 24.3 Å². The maximum atomic E-state index is 11.4. The molecule has 0 atom stereocenters. The number of sulfonamides is 1. The standard InChI is InChI=1S/C22H17Cl2N5O3S2/c23-14-10-17-19(27-28-22(33)26-15-6-8-16(9-7-15)34(25,31)32)21(30)29(20(17)18(24)11-14)12-13-4-2-1-3-5-13/h1-11,30H,12H2,(H,26,33)(H2,25,31,32). The number of halogens is 2. The minimum Gasteiger partial charge on any atom is -0.493 e. The van der Waals surface area contributed by atoms with E-state index < -0.39 is 10.0 Å². The van der Waals surface area contributed by atoms with Gasteiger partial charge in [-0.15, -0.1) is 10.2 Å². The summed E-state index contributed by atoms with van der Waals surface area (Å²) in [6, 6.07) is 18.4. The molecule has 0 fully saturated rings. The zero-order valence-corrected chi connectivity index (χ0v) is 20.5. The van der Waals surface area contributed by atoms with Gasteiger partial charge >= 0.3 is 0 Å². The molecule has 0 unspecified atom stereocenters. The molecule has 0 bridgehead atoms. The van der Waals surface area contributed by atoms with Crippen LogP contribution >= 0.6 is 35.4 Å². The number of thiocarbonyl (C=S) groups is 1. The highest BCUT2D eigenvalue weighted by Gasteiger charge is 2.20. The number of nitrogens with two attached hydrogens (primary N) is 1. The molecular formula is C22H17Cl2N5O3S2. The Morgan fingerprint density at radius 3 is 2.41 bits per heavy atom. The summed E-state index contributed by atoms with van der Waals surface area (Å²) in [4.78, 5) is -0.0319. The number of aromatic nitrogens is 1. The lowest BCUT2D eigenvalue weighted by molar-refractivity contribution is 0.429. The van der Waals surface area contributed by atoms with Crippen LogP contribution in [0.1, 0.15) is 5.56 Å².